The van der Waals surface area contributed by atoms with Crippen LogP contribution < -0.4 is 11.2 Å². The van der Waals surface area contributed by atoms with Crippen LogP contribution in [0.2, 0.25) is 0 Å². The van der Waals surface area contributed by atoms with Gasteiger partial charge in [-0.1, -0.05) is 13.8 Å². The third kappa shape index (κ3) is 1.71. The number of carbonyl (C=O) groups excluding carboxylic acids is 1. The molecule has 0 saturated carbocycles. The molecule has 0 aliphatic heterocycles. The fraction of sp³-hybridized carbons (Fsp3) is 0.429. The summed E-state index contributed by atoms with van der Waals surface area (Å²) >= 11 is 0. The van der Waals surface area contributed by atoms with E-state index in [2.05, 4.69) is 9.97 Å². The molecule has 20 heavy (non-hydrogen) atoms. The van der Waals surface area contributed by atoms with E-state index in [-0.39, 0.29) is 11.2 Å². The summed E-state index contributed by atoms with van der Waals surface area (Å²) in [4.78, 5) is 42.3. The first-order chi connectivity index (χ1) is 9.30. The van der Waals surface area contributed by atoms with Crippen molar-refractivity contribution in [3.8, 4) is 0 Å². The standard InChI is InChI=1S/C14H15N3O3/c1-14(2)4-7-8(9(18)5-14)6-15-11-10(7)12(19)16-13(20)17(11)3/h6H,4-5H2,1-3H3,(H,16,19,20). The number of aromatic amines is 1. The summed E-state index contributed by atoms with van der Waals surface area (Å²) in [5.41, 5.74) is 0.353. The Bertz CT molecular complexity index is 858. The Morgan fingerprint density at radius 1 is 1.25 bits per heavy atom. The predicted molar refractivity (Wildman–Crippen MR) is 74.0 cm³/mol. The van der Waals surface area contributed by atoms with Gasteiger partial charge < -0.3 is 0 Å². The van der Waals surface area contributed by atoms with E-state index in [1.807, 2.05) is 13.8 Å². The van der Waals surface area contributed by atoms with Crippen molar-refractivity contribution < 1.29 is 4.79 Å². The topological polar surface area (TPSA) is 84.8 Å². The molecule has 2 aromatic heterocycles. The fourth-order valence-electron chi connectivity index (χ4n) is 2.87. The molecule has 0 atom stereocenters. The number of rotatable bonds is 0. The van der Waals surface area contributed by atoms with Gasteiger partial charge in [0.05, 0.1) is 5.39 Å². The Balaban J connectivity index is 2.49. The number of hydrogen-bond acceptors (Lipinski definition) is 4. The zero-order chi connectivity index (χ0) is 14.7. The highest BCUT2D eigenvalue weighted by Gasteiger charge is 2.33. The average molecular weight is 273 g/mol. The summed E-state index contributed by atoms with van der Waals surface area (Å²) in [6.07, 6.45) is 2.54. The number of aromatic nitrogens is 3. The highest BCUT2D eigenvalue weighted by atomic mass is 16.2. The number of ketones is 1. The van der Waals surface area contributed by atoms with Crippen LogP contribution in [0.4, 0.5) is 0 Å². The largest absolute Gasteiger partial charge is 0.329 e. The molecule has 0 unspecified atom stereocenters. The van der Waals surface area contributed by atoms with Gasteiger partial charge in [0.2, 0.25) is 0 Å². The normalized spacial score (nSPS) is 17.2. The number of nitrogens with one attached hydrogen (secondary N) is 1. The third-order valence-electron chi connectivity index (χ3n) is 3.83. The zero-order valence-corrected chi connectivity index (χ0v) is 11.6. The molecule has 1 N–H and O–H groups in total. The van der Waals surface area contributed by atoms with Crippen LogP contribution in [0.25, 0.3) is 11.0 Å². The zero-order valence-electron chi connectivity index (χ0n) is 11.6. The number of aryl methyl sites for hydroxylation is 1. The lowest BCUT2D eigenvalue weighted by Crippen LogP contribution is -2.33. The van der Waals surface area contributed by atoms with Gasteiger partial charge in [-0.15, -0.1) is 0 Å². The van der Waals surface area contributed by atoms with Crippen molar-refractivity contribution in [1.82, 2.24) is 14.5 Å². The summed E-state index contributed by atoms with van der Waals surface area (Å²) in [6, 6.07) is 0. The number of H-pyrrole nitrogens is 1. The Morgan fingerprint density at radius 2 is 1.95 bits per heavy atom. The summed E-state index contributed by atoms with van der Waals surface area (Å²) < 4.78 is 1.29. The number of nitrogens with zero attached hydrogens (tertiary/aromatic N) is 2. The first-order valence-corrected chi connectivity index (χ1v) is 6.44. The maximum absolute atomic E-state index is 12.2. The van der Waals surface area contributed by atoms with E-state index in [1.54, 1.807) is 7.05 Å². The van der Waals surface area contributed by atoms with Gasteiger partial charge in [-0.3, -0.25) is 19.1 Å². The molecule has 0 bridgehead atoms. The molecular formula is C14H15N3O3. The van der Waals surface area contributed by atoms with Crippen LogP contribution in [-0.4, -0.2) is 20.3 Å². The van der Waals surface area contributed by atoms with E-state index < -0.39 is 11.2 Å². The van der Waals surface area contributed by atoms with Crippen LogP contribution >= 0.6 is 0 Å². The van der Waals surface area contributed by atoms with E-state index in [1.165, 1.54) is 10.8 Å². The van der Waals surface area contributed by atoms with Crippen molar-refractivity contribution in [3.63, 3.8) is 0 Å². The molecule has 2 heterocycles. The van der Waals surface area contributed by atoms with Crippen LogP contribution in [0.5, 0.6) is 0 Å². The van der Waals surface area contributed by atoms with Gasteiger partial charge in [0.25, 0.3) is 5.56 Å². The number of hydrogen-bond donors (Lipinski definition) is 1. The lowest BCUT2D eigenvalue weighted by Gasteiger charge is -2.30. The van der Waals surface area contributed by atoms with Gasteiger partial charge in [0.1, 0.15) is 5.65 Å². The van der Waals surface area contributed by atoms with Crippen LogP contribution in [0.15, 0.2) is 15.8 Å². The van der Waals surface area contributed by atoms with Gasteiger partial charge in [0, 0.05) is 25.2 Å². The van der Waals surface area contributed by atoms with Gasteiger partial charge in [-0.25, -0.2) is 9.78 Å². The number of carbonyl (C=O) groups is 1. The van der Waals surface area contributed by atoms with Crippen molar-refractivity contribution in [1.29, 1.82) is 0 Å². The second-order valence-corrected chi connectivity index (χ2v) is 6.11. The molecule has 104 valence electrons. The van der Waals surface area contributed by atoms with Crippen molar-refractivity contribution in [2.45, 2.75) is 26.7 Å². The minimum absolute atomic E-state index is 0.00102. The quantitative estimate of drug-likeness (QED) is 0.768. The number of Topliss-reactive ketones (excluding diaryl/α,β-unsaturated/α-hetero) is 1. The summed E-state index contributed by atoms with van der Waals surface area (Å²) in [6.45, 7) is 3.99. The number of pyridine rings is 1. The van der Waals surface area contributed by atoms with E-state index in [0.29, 0.717) is 35.0 Å². The molecular weight excluding hydrogens is 258 g/mol. The molecule has 0 saturated heterocycles. The molecule has 1 aliphatic rings. The molecule has 6 heteroatoms. The molecule has 0 fully saturated rings. The van der Waals surface area contributed by atoms with Crippen LogP contribution in [0.3, 0.4) is 0 Å². The van der Waals surface area contributed by atoms with E-state index >= 15 is 0 Å². The highest BCUT2D eigenvalue weighted by molar-refractivity contribution is 6.02. The second-order valence-electron chi connectivity index (χ2n) is 6.11. The first-order valence-electron chi connectivity index (χ1n) is 6.44. The molecule has 6 nitrogen and oxygen atoms in total. The molecule has 1 aliphatic carbocycles. The van der Waals surface area contributed by atoms with Crippen LogP contribution in [0, 0.1) is 5.41 Å². The lowest BCUT2D eigenvalue weighted by molar-refractivity contribution is 0.0912. The van der Waals surface area contributed by atoms with Crippen LogP contribution in [-0.2, 0) is 13.5 Å². The van der Waals surface area contributed by atoms with E-state index in [4.69, 9.17) is 0 Å². The van der Waals surface area contributed by atoms with Gasteiger partial charge in [-0.05, 0) is 17.4 Å². The predicted octanol–water partition coefficient (Wildman–Crippen LogP) is 0.777. The van der Waals surface area contributed by atoms with Gasteiger partial charge >= 0.3 is 5.69 Å². The molecule has 0 amide bonds. The monoisotopic (exact) mass is 273 g/mol. The van der Waals surface area contributed by atoms with Crippen molar-refractivity contribution in [2.75, 3.05) is 0 Å². The molecule has 2 aromatic rings. The highest BCUT2D eigenvalue weighted by Crippen LogP contribution is 2.36. The second kappa shape index (κ2) is 3.88. The lowest BCUT2D eigenvalue weighted by atomic mass is 9.73. The average Bonchev–Trinajstić information content (AvgIpc) is 2.33. The number of fused-ring (bicyclic) bond motifs is 3. The molecule has 0 spiro atoms. The summed E-state index contributed by atoms with van der Waals surface area (Å²) in [5.74, 6) is -0.00102. The Hall–Kier alpha value is -2.24. The van der Waals surface area contributed by atoms with Crippen molar-refractivity contribution in [2.24, 2.45) is 12.5 Å². The Labute approximate surface area is 114 Å². The minimum atomic E-state index is -0.503. The molecule has 0 radical (unpaired) electrons. The SMILES string of the molecule is Cn1c(=O)[nH]c(=O)c2c3c(cnc21)C(=O)CC(C)(C)C3. The van der Waals surface area contributed by atoms with Crippen molar-refractivity contribution in [3.05, 3.63) is 38.2 Å². The smallest absolute Gasteiger partial charge is 0.294 e. The van der Waals surface area contributed by atoms with Gasteiger partial charge in [-0.2, -0.15) is 0 Å². The fourth-order valence-corrected chi connectivity index (χ4v) is 2.87. The first kappa shape index (κ1) is 12.8. The molecule has 3 rings (SSSR count). The third-order valence-corrected chi connectivity index (χ3v) is 3.83. The van der Waals surface area contributed by atoms with E-state index in [0.717, 1.165) is 0 Å². The summed E-state index contributed by atoms with van der Waals surface area (Å²) in [7, 11) is 1.55. The maximum Gasteiger partial charge on any atom is 0.329 e. The maximum atomic E-state index is 12.2. The summed E-state index contributed by atoms with van der Waals surface area (Å²) in [5, 5.41) is 0.353. The minimum Gasteiger partial charge on any atom is -0.294 e. The molecule has 0 aromatic carbocycles. The Kier molecular flexibility index (Phi) is 2.48. The van der Waals surface area contributed by atoms with Gasteiger partial charge in [0.15, 0.2) is 5.78 Å². The van der Waals surface area contributed by atoms with Crippen molar-refractivity contribution >= 4 is 16.8 Å². The Morgan fingerprint density at radius 3 is 2.65 bits per heavy atom. The van der Waals surface area contributed by atoms with Crippen LogP contribution in [0.1, 0.15) is 36.2 Å². The van der Waals surface area contributed by atoms with E-state index in [9.17, 15) is 14.4 Å².